The second-order valence-corrected chi connectivity index (χ2v) is 7.03. The van der Waals surface area contributed by atoms with Gasteiger partial charge in [0.25, 0.3) is 0 Å². The van der Waals surface area contributed by atoms with E-state index in [0.717, 1.165) is 34.7 Å². The SMILES string of the molecule is CNc1ccc(F)c(C2CC2)c1SCc1cccs1.NNC=O. The maximum Gasteiger partial charge on any atom is 0.221 e. The zero-order valence-corrected chi connectivity index (χ0v) is 14.5. The third kappa shape index (κ3) is 4.95. The van der Waals surface area contributed by atoms with Gasteiger partial charge in [0.2, 0.25) is 6.41 Å². The molecule has 1 fully saturated rings. The fourth-order valence-electron chi connectivity index (χ4n) is 2.22. The van der Waals surface area contributed by atoms with Gasteiger partial charge >= 0.3 is 0 Å². The van der Waals surface area contributed by atoms with Crippen molar-refractivity contribution in [3.8, 4) is 0 Å². The smallest absolute Gasteiger partial charge is 0.221 e. The van der Waals surface area contributed by atoms with Crippen molar-refractivity contribution < 1.29 is 9.18 Å². The summed E-state index contributed by atoms with van der Waals surface area (Å²) in [6.07, 6.45) is 2.65. The molecule has 0 spiro atoms. The van der Waals surface area contributed by atoms with E-state index in [-0.39, 0.29) is 5.82 Å². The number of hydrogen-bond acceptors (Lipinski definition) is 5. The Kier molecular flexibility index (Phi) is 6.88. The molecule has 124 valence electrons. The number of carbonyl (C=O) groups is 1. The standard InChI is InChI=1S/C15H16FNS2.CH4N2O/c1-17-13-7-6-12(16)14(10-4-5-10)15(13)19-9-11-3-2-8-18-11;2-3-1-4/h2-3,6-8,10,17H,4-5,9H2,1H3;1H,2H2,(H,3,4). The van der Waals surface area contributed by atoms with Crippen LogP contribution in [0.25, 0.3) is 0 Å². The van der Waals surface area contributed by atoms with Gasteiger partial charge in [0.1, 0.15) is 5.82 Å². The Bertz CT molecular complexity index is 631. The van der Waals surface area contributed by atoms with Crippen LogP contribution in [0.4, 0.5) is 10.1 Å². The summed E-state index contributed by atoms with van der Waals surface area (Å²) in [7, 11) is 1.90. The molecule has 23 heavy (non-hydrogen) atoms. The monoisotopic (exact) mass is 353 g/mol. The normalized spacial score (nSPS) is 13.0. The number of hydrazine groups is 1. The number of nitrogens with two attached hydrogens (primary N) is 1. The predicted octanol–water partition coefficient (Wildman–Crippen LogP) is 3.70. The highest BCUT2D eigenvalue weighted by Gasteiger charge is 2.30. The van der Waals surface area contributed by atoms with Crippen molar-refractivity contribution in [1.82, 2.24) is 5.43 Å². The van der Waals surface area contributed by atoms with Crippen LogP contribution in [0.5, 0.6) is 0 Å². The van der Waals surface area contributed by atoms with Gasteiger partial charge in [0.05, 0.1) is 0 Å². The molecule has 1 heterocycles. The van der Waals surface area contributed by atoms with E-state index in [1.54, 1.807) is 34.6 Å². The fourth-order valence-corrected chi connectivity index (χ4v) is 4.28. The number of thioether (sulfide) groups is 1. The van der Waals surface area contributed by atoms with Crippen LogP contribution in [-0.2, 0) is 10.5 Å². The molecule has 0 bridgehead atoms. The van der Waals surface area contributed by atoms with E-state index < -0.39 is 0 Å². The van der Waals surface area contributed by atoms with Crippen molar-refractivity contribution in [2.75, 3.05) is 12.4 Å². The Balaban J connectivity index is 0.000000433. The Morgan fingerprint density at radius 1 is 1.43 bits per heavy atom. The first-order valence-corrected chi connectivity index (χ1v) is 9.12. The van der Waals surface area contributed by atoms with Crippen molar-refractivity contribution in [2.45, 2.75) is 29.4 Å². The number of carbonyl (C=O) groups excluding carboxylic acids is 1. The maximum atomic E-state index is 14.1. The van der Waals surface area contributed by atoms with Crippen LogP contribution in [0.3, 0.4) is 0 Å². The topological polar surface area (TPSA) is 67.2 Å². The number of halogens is 1. The van der Waals surface area contributed by atoms with Gasteiger partial charge < -0.3 is 5.32 Å². The summed E-state index contributed by atoms with van der Waals surface area (Å²) in [5, 5.41) is 5.28. The van der Waals surface area contributed by atoms with Crippen LogP contribution in [-0.4, -0.2) is 13.5 Å². The van der Waals surface area contributed by atoms with Gasteiger partial charge in [-0.3, -0.25) is 10.2 Å². The molecule has 2 aromatic rings. The minimum atomic E-state index is -0.0461. The number of amides is 1. The van der Waals surface area contributed by atoms with E-state index in [1.807, 2.05) is 13.1 Å². The second-order valence-electron chi connectivity index (χ2n) is 5.01. The molecule has 1 aliphatic rings. The van der Waals surface area contributed by atoms with Gasteiger partial charge in [0.15, 0.2) is 0 Å². The largest absolute Gasteiger partial charge is 0.387 e. The maximum absolute atomic E-state index is 14.1. The van der Waals surface area contributed by atoms with Crippen molar-refractivity contribution >= 4 is 35.2 Å². The zero-order chi connectivity index (χ0) is 16.7. The first-order chi connectivity index (χ1) is 11.2. The molecule has 0 aliphatic heterocycles. The van der Waals surface area contributed by atoms with Crippen LogP contribution in [0, 0.1) is 5.82 Å². The highest BCUT2D eigenvalue weighted by molar-refractivity contribution is 7.98. The molecule has 4 nitrogen and oxygen atoms in total. The van der Waals surface area contributed by atoms with Gasteiger partial charge in [-0.2, -0.15) is 0 Å². The van der Waals surface area contributed by atoms with Gasteiger partial charge in [-0.15, -0.1) is 23.1 Å². The third-order valence-corrected chi connectivity index (χ3v) is 5.65. The first kappa shape index (κ1) is 17.8. The first-order valence-electron chi connectivity index (χ1n) is 7.26. The number of anilines is 1. The summed E-state index contributed by atoms with van der Waals surface area (Å²) >= 11 is 3.50. The highest BCUT2D eigenvalue weighted by atomic mass is 32.2. The molecule has 1 saturated carbocycles. The van der Waals surface area contributed by atoms with E-state index >= 15 is 0 Å². The molecule has 0 unspecified atom stereocenters. The molecule has 0 atom stereocenters. The lowest BCUT2D eigenvalue weighted by atomic mass is 10.1. The van der Waals surface area contributed by atoms with Crippen LogP contribution >= 0.6 is 23.1 Å². The van der Waals surface area contributed by atoms with Gasteiger partial charge in [0, 0.05) is 33.8 Å². The molecule has 1 aromatic carbocycles. The van der Waals surface area contributed by atoms with E-state index in [2.05, 4.69) is 28.7 Å². The molecule has 7 heteroatoms. The minimum Gasteiger partial charge on any atom is -0.387 e. The zero-order valence-electron chi connectivity index (χ0n) is 12.8. The molecular weight excluding hydrogens is 333 g/mol. The Hall–Kier alpha value is -1.57. The summed E-state index contributed by atoms with van der Waals surface area (Å²) in [6.45, 7) is 0. The minimum absolute atomic E-state index is 0.0461. The molecule has 1 aromatic heterocycles. The molecule has 4 N–H and O–H groups in total. The summed E-state index contributed by atoms with van der Waals surface area (Å²) in [6, 6.07) is 7.63. The number of nitrogens with one attached hydrogen (secondary N) is 2. The predicted molar refractivity (Wildman–Crippen MR) is 95.2 cm³/mol. The van der Waals surface area contributed by atoms with Gasteiger partial charge in [-0.1, -0.05) is 6.07 Å². The Morgan fingerprint density at radius 3 is 2.70 bits per heavy atom. The molecule has 1 aliphatic carbocycles. The number of benzene rings is 1. The molecule has 1 amide bonds. The quantitative estimate of drug-likeness (QED) is 0.243. The molecule has 3 rings (SSSR count). The van der Waals surface area contributed by atoms with Crippen LogP contribution < -0.4 is 16.6 Å². The highest BCUT2D eigenvalue weighted by Crippen LogP contribution is 2.48. The van der Waals surface area contributed by atoms with Crippen LogP contribution in [0.15, 0.2) is 34.5 Å². The average molecular weight is 353 g/mol. The number of hydrogen-bond donors (Lipinski definition) is 3. The Morgan fingerprint density at radius 2 is 2.17 bits per heavy atom. The summed E-state index contributed by atoms with van der Waals surface area (Å²) in [4.78, 5) is 11.4. The van der Waals surface area contributed by atoms with Crippen molar-refractivity contribution in [2.24, 2.45) is 5.84 Å². The van der Waals surface area contributed by atoms with Crippen molar-refractivity contribution in [3.05, 3.63) is 45.9 Å². The van der Waals surface area contributed by atoms with E-state index in [9.17, 15) is 4.39 Å². The third-order valence-electron chi connectivity index (χ3n) is 3.40. The van der Waals surface area contributed by atoms with E-state index in [4.69, 9.17) is 4.79 Å². The summed E-state index contributed by atoms with van der Waals surface area (Å²) in [5.41, 5.74) is 3.72. The number of rotatable bonds is 6. The lowest BCUT2D eigenvalue weighted by molar-refractivity contribution is -0.109. The lowest BCUT2D eigenvalue weighted by Crippen LogP contribution is -2.18. The second kappa shape index (κ2) is 8.90. The van der Waals surface area contributed by atoms with Crippen molar-refractivity contribution in [3.63, 3.8) is 0 Å². The molecule has 0 radical (unpaired) electrons. The fraction of sp³-hybridized carbons (Fsp3) is 0.312. The average Bonchev–Trinajstić information content (AvgIpc) is 3.27. The molecule has 0 saturated heterocycles. The molecular formula is C16H20FN3OS2. The Labute approximate surface area is 143 Å². The van der Waals surface area contributed by atoms with Gasteiger partial charge in [-0.05, 0) is 42.3 Å². The summed E-state index contributed by atoms with van der Waals surface area (Å²) < 4.78 is 14.1. The van der Waals surface area contributed by atoms with Gasteiger partial charge in [-0.25, -0.2) is 10.2 Å². The van der Waals surface area contributed by atoms with Crippen molar-refractivity contribution in [1.29, 1.82) is 0 Å². The van der Waals surface area contributed by atoms with Crippen LogP contribution in [0.2, 0.25) is 0 Å². The van der Waals surface area contributed by atoms with E-state index in [1.165, 1.54) is 4.88 Å². The van der Waals surface area contributed by atoms with Crippen LogP contribution in [0.1, 0.15) is 29.2 Å². The lowest BCUT2D eigenvalue weighted by Gasteiger charge is -2.14. The number of thiophene rings is 1. The van der Waals surface area contributed by atoms with E-state index in [0.29, 0.717) is 12.3 Å². The summed E-state index contributed by atoms with van der Waals surface area (Å²) in [5.74, 6) is 5.71.